The molecule has 0 bridgehead atoms. The molecule has 1 saturated heterocycles. The Morgan fingerprint density at radius 2 is 2.33 bits per heavy atom. The minimum Gasteiger partial charge on any atom is -0.478 e. The van der Waals surface area contributed by atoms with Crippen molar-refractivity contribution in [2.24, 2.45) is 0 Å². The van der Waals surface area contributed by atoms with Gasteiger partial charge in [-0.05, 0) is 39.7 Å². The van der Waals surface area contributed by atoms with Crippen LogP contribution >= 0.6 is 0 Å². The monoisotopic (exact) mass is 250 g/mol. The number of aromatic nitrogens is 1. The first kappa shape index (κ1) is 13.1. The SMILES string of the molecule is CCOc1cccc(NC2CCOC(C)(C)C2)n1. The van der Waals surface area contributed by atoms with E-state index in [-0.39, 0.29) is 5.60 Å². The van der Waals surface area contributed by atoms with Crippen molar-refractivity contribution in [2.45, 2.75) is 45.3 Å². The van der Waals surface area contributed by atoms with Gasteiger partial charge >= 0.3 is 0 Å². The van der Waals surface area contributed by atoms with Gasteiger partial charge in [0.05, 0.1) is 12.2 Å². The van der Waals surface area contributed by atoms with Gasteiger partial charge < -0.3 is 14.8 Å². The largest absolute Gasteiger partial charge is 0.478 e. The molecule has 1 N–H and O–H groups in total. The molecule has 4 nitrogen and oxygen atoms in total. The minimum absolute atomic E-state index is 0.0482. The summed E-state index contributed by atoms with van der Waals surface area (Å²) in [5, 5.41) is 3.46. The molecule has 0 spiro atoms. The zero-order valence-corrected chi connectivity index (χ0v) is 11.4. The Balaban J connectivity index is 1.98. The molecule has 100 valence electrons. The highest BCUT2D eigenvalue weighted by atomic mass is 16.5. The maximum atomic E-state index is 5.71. The van der Waals surface area contributed by atoms with Crippen LogP contribution in [0.2, 0.25) is 0 Å². The Kier molecular flexibility index (Phi) is 4.07. The molecule has 2 rings (SSSR count). The third kappa shape index (κ3) is 3.60. The lowest BCUT2D eigenvalue weighted by Crippen LogP contribution is -2.40. The van der Waals surface area contributed by atoms with E-state index in [4.69, 9.17) is 9.47 Å². The van der Waals surface area contributed by atoms with E-state index in [1.807, 2.05) is 25.1 Å². The van der Waals surface area contributed by atoms with Gasteiger partial charge in [-0.1, -0.05) is 6.07 Å². The summed E-state index contributed by atoms with van der Waals surface area (Å²) >= 11 is 0. The number of hydrogen-bond acceptors (Lipinski definition) is 4. The first-order chi connectivity index (χ1) is 8.59. The van der Waals surface area contributed by atoms with E-state index in [1.165, 1.54) is 0 Å². The van der Waals surface area contributed by atoms with Crippen LogP contribution < -0.4 is 10.1 Å². The van der Waals surface area contributed by atoms with Gasteiger partial charge in [-0.3, -0.25) is 0 Å². The van der Waals surface area contributed by atoms with E-state index in [9.17, 15) is 0 Å². The average molecular weight is 250 g/mol. The van der Waals surface area contributed by atoms with Gasteiger partial charge in [0.2, 0.25) is 5.88 Å². The maximum Gasteiger partial charge on any atom is 0.215 e. The van der Waals surface area contributed by atoms with Gasteiger partial charge in [0.1, 0.15) is 5.82 Å². The normalized spacial score (nSPS) is 22.5. The number of ether oxygens (including phenoxy) is 2. The second kappa shape index (κ2) is 5.57. The predicted octanol–water partition coefficient (Wildman–Crippen LogP) is 2.85. The van der Waals surface area contributed by atoms with Crippen molar-refractivity contribution < 1.29 is 9.47 Å². The Bertz CT molecular complexity index is 393. The Hall–Kier alpha value is -1.29. The van der Waals surface area contributed by atoms with E-state index in [2.05, 4.69) is 24.1 Å². The van der Waals surface area contributed by atoms with E-state index >= 15 is 0 Å². The predicted molar refractivity (Wildman–Crippen MR) is 72.1 cm³/mol. The summed E-state index contributed by atoms with van der Waals surface area (Å²) in [7, 11) is 0. The summed E-state index contributed by atoms with van der Waals surface area (Å²) in [6.45, 7) is 7.66. The molecule has 1 unspecified atom stereocenters. The van der Waals surface area contributed by atoms with E-state index in [0.717, 1.165) is 25.3 Å². The van der Waals surface area contributed by atoms with Crippen LogP contribution in [-0.4, -0.2) is 29.8 Å². The van der Waals surface area contributed by atoms with Crippen LogP contribution in [0.15, 0.2) is 18.2 Å². The zero-order valence-electron chi connectivity index (χ0n) is 11.4. The summed E-state index contributed by atoms with van der Waals surface area (Å²) < 4.78 is 11.1. The molecule has 2 heterocycles. The maximum absolute atomic E-state index is 5.71. The Morgan fingerprint density at radius 1 is 1.50 bits per heavy atom. The third-order valence-corrected chi connectivity index (χ3v) is 3.06. The van der Waals surface area contributed by atoms with Gasteiger partial charge in [0.25, 0.3) is 0 Å². The molecule has 1 aliphatic heterocycles. The molecule has 18 heavy (non-hydrogen) atoms. The first-order valence-corrected chi connectivity index (χ1v) is 6.59. The van der Waals surface area contributed by atoms with Crippen molar-refractivity contribution in [3.05, 3.63) is 18.2 Å². The van der Waals surface area contributed by atoms with Crippen LogP contribution in [0, 0.1) is 0 Å². The van der Waals surface area contributed by atoms with Crippen molar-refractivity contribution in [1.82, 2.24) is 4.98 Å². The highest BCUT2D eigenvalue weighted by Gasteiger charge is 2.28. The number of anilines is 1. The lowest BCUT2D eigenvalue weighted by molar-refractivity contribution is -0.0553. The fourth-order valence-corrected chi connectivity index (χ4v) is 2.29. The first-order valence-electron chi connectivity index (χ1n) is 6.59. The van der Waals surface area contributed by atoms with Gasteiger partial charge in [0.15, 0.2) is 0 Å². The zero-order chi connectivity index (χ0) is 13.0. The van der Waals surface area contributed by atoms with Crippen molar-refractivity contribution in [2.75, 3.05) is 18.5 Å². The highest BCUT2D eigenvalue weighted by molar-refractivity contribution is 5.38. The molecule has 1 aromatic heterocycles. The second-order valence-corrected chi connectivity index (χ2v) is 5.24. The molecule has 0 amide bonds. The number of rotatable bonds is 4. The van der Waals surface area contributed by atoms with Crippen molar-refractivity contribution in [3.63, 3.8) is 0 Å². The molecule has 0 saturated carbocycles. The van der Waals surface area contributed by atoms with Crippen LogP contribution in [0.5, 0.6) is 5.88 Å². The number of hydrogen-bond donors (Lipinski definition) is 1. The minimum atomic E-state index is -0.0482. The van der Waals surface area contributed by atoms with Crippen molar-refractivity contribution >= 4 is 5.82 Å². The topological polar surface area (TPSA) is 43.4 Å². The molecule has 0 aromatic carbocycles. The summed E-state index contributed by atoms with van der Waals surface area (Å²) in [5.74, 6) is 1.55. The molecule has 1 fully saturated rings. The molecule has 1 atom stereocenters. The summed E-state index contributed by atoms with van der Waals surface area (Å²) in [6.07, 6.45) is 2.01. The van der Waals surface area contributed by atoms with Gasteiger partial charge in [0, 0.05) is 18.7 Å². The van der Waals surface area contributed by atoms with Gasteiger partial charge in [-0.2, -0.15) is 4.98 Å². The fraction of sp³-hybridized carbons (Fsp3) is 0.643. The van der Waals surface area contributed by atoms with Crippen molar-refractivity contribution in [3.8, 4) is 5.88 Å². The molecule has 0 radical (unpaired) electrons. The lowest BCUT2D eigenvalue weighted by Gasteiger charge is -2.36. The molecule has 4 heteroatoms. The standard InChI is InChI=1S/C14H22N2O2/c1-4-17-13-7-5-6-12(16-13)15-11-8-9-18-14(2,3)10-11/h5-7,11H,4,8-10H2,1-3H3,(H,15,16). The average Bonchev–Trinajstić information content (AvgIpc) is 2.28. The Morgan fingerprint density at radius 3 is 3.06 bits per heavy atom. The molecule has 1 aromatic rings. The second-order valence-electron chi connectivity index (χ2n) is 5.24. The van der Waals surface area contributed by atoms with E-state index in [0.29, 0.717) is 18.5 Å². The summed E-state index contributed by atoms with van der Waals surface area (Å²) in [4.78, 5) is 4.43. The fourth-order valence-electron chi connectivity index (χ4n) is 2.29. The molecular formula is C14H22N2O2. The summed E-state index contributed by atoms with van der Waals surface area (Å²) in [5.41, 5.74) is -0.0482. The smallest absolute Gasteiger partial charge is 0.215 e. The van der Waals surface area contributed by atoms with Crippen LogP contribution in [0.3, 0.4) is 0 Å². The molecular weight excluding hydrogens is 228 g/mol. The summed E-state index contributed by atoms with van der Waals surface area (Å²) in [6, 6.07) is 6.23. The lowest BCUT2D eigenvalue weighted by atomic mass is 9.94. The van der Waals surface area contributed by atoms with Gasteiger partial charge in [-0.15, -0.1) is 0 Å². The van der Waals surface area contributed by atoms with Crippen LogP contribution in [-0.2, 0) is 4.74 Å². The van der Waals surface area contributed by atoms with E-state index in [1.54, 1.807) is 0 Å². The Labute approximate surface area is 109 Å². The highest BCUT2D eigenvalue weighted by Crippen LogP contribution is 2.26. The van der Waals surface area contributed by atoms with Gasteiger partial charge in [-0.25, -0.2) is 0 Å². The number of pyridine rings is 1. The van der Waals surface area contributed by atoms with Crippen molar-refractivity contribution in [1.29, 1.82) is 0 Å². The van der Waals surface area contributed by atoms with Crippen LogP contribution in [0.25, 0.3) is 0 Å². The molecule has 0 aliphatic carbocycles. The third-order valence-electron chi connectivity index (χ3n) is 3.06. The van der Waals surface area contributed by atoms with Crippen LogP contribution in [0.1, 0.15) is 33.6 Å². The quantitative estimate of drug-likeness (QED) is 0.892. The number of nitrogens with one attached hydrogen (secondary N) is 1. The van der Waals surface area contributed by atoms with Crippen LogP contribution in [0.4, 0.5) is 5.82 Å². The molecule has 1 aliphatic rings. The van der Waals surface area contributed by atoms with E-state index < -0.39 is 0 Å². The number of nitrogens with zero attached hydrogens (tertiary/aromatic N) is 1.